The number of H-pyrrole nitrogens is 2. The van der Waals surface area contributed by atoms with Crippen LogP contribution in [0.1, 0.15) is 0 Å². The number of nitrogens with zero attached hydrogens (tertiary/aromatic N) is 5. The number of fused-ring (bicyclic) bond motifs is 1. The first-order chi connectivity index (χ1) is 16.3. The third-order valence-corrected chi connectivity index (χ3v) is 5.26. The third-order valence-electron chi connectivity index (χ3n) is 4.70. The third kappa shape index (κ3) is 3.80. The number of benzene rings is 1. The molecule has 14 heteroatoms. The van der Waals surface area contributed by atoms with Gasteiger partial charge in [-0.15, -0.1) is 10.2 Å². The Bertz CT molecular complexity index is 1700. The highest BCUT2D eigenvalue weighted by molar-refractivity contribution is 6.37. The van der Waals surface area contributed by atoms with Gasteiger partial charge in [0.25, 0.3) is 11.1 Å². The molecule has 0 saturated carbocycles. The van der Waals surface area contributed by atoms with Crippen molar-refractivity contribution in [3.05, 3.63) is 89.9 Å². The van der Waals surface area contributed by atoms with Crippen molar-refractivity contribution in [1.29, 1.82) is 0 Å². The molecule has 34 heavy (non-hydrogen) atoms. The monoisotopic (exact) mass is 498 g/mol. The number of aromatic amines is 2. The summed E-state index contributed by atoms with van der Waals surface area (Å²) in [4.78, 5) is 37.6. The lowest BCUT2D eigenvalue weighted by Crippen LogP contribution is -2.33. The van der Waals surface area contributed by atoms with Crippen LogP contribution >= 0.6 is 23.2 Å². The van der Waals surface area contributed by atoms with Gasteiger partial charge in [0.2, 0.25) is 11.7 Å². The summed E-state index contributed by atoms with van der Waals surface area (Å²) in [7, 11) is 0. The highest BCUT2D eigenvalue weighted by Gasteiger charge is 2.19. The van der Waals surface area contributed by atoms with E-state index in [4.69, 9.17) is 33.7 Å². The van der Waals surface area contributed by atoms with Crippen LogP contribution in [0.25, 0.3) is 22.5 Å². The standard InChI is InChI=1S/C20H12Cl2N8O4/c21-12-5-10(30-20(33)24-18(32)17(23)28-30)6-13(22)16(12)34-19-11(8-15(31)25-26-19)14-7-9-3-1-2-4-29(9)27-14/h1-8H,(H2,23,28)(H,25,31)(H,24,32,33). The minimum absolute atomic E-state index is 0.00194. The van der Waals surface area contributed by atoms with Crippen LogP contribution in [0.5, 0.6) is 11.6 Å². The summed E-state index contributed by atoms with van der Waals surface area (Å²) in [6.07, 6.45) is 1.76. The number of ether oxygens (including phenoxy) is 1. The minimum Gasteiger partial charge on any atom is -0.434 e. The molecule has 0 radical (unpaired) electrons. The number of nitrogens with two attached hydrogens (primary N) is 1. The molecule has 0 aliphatic carbocycles. The van der Waals surface area contributed by atoms with Crippen LogP contribution in [0.15, 0.2) is 63.0 Å². The number of pyridine rings is 1. The number of hydrogen-bond donors (Lipinski definition) is 3. The zero-order chi connectivity index (χ0) is 24.0. The van der Waals surface area contributed by atoms with E-state index in [-0.39, 0.29) is 27.4 Å². The Morgan fingerprint density at radius 1 is 1.00 bits per heavy atom. The summed E-state index contributed by atoms with van der Waals surface area (Å²) in [5.41, 5.74) is 5.04. The van der Waals surface area contributed by atoms with Gasteiger partial charge in [-0.3, -0.25) is 14.6 Å². The van der Waals surface area contributed by atoms with E-state index in [0.717, 1.165) is 10.2 Å². The highest BCUT2D eigenvalue weighted by atomic mass is 35.5. The average molecular weight is 499 g/mol. The lowest BCUT2D eigenvalue weighted by Gasteiger charge is -2.13. The number of anilines is 1. The fourth-order valence-corrected chi connectivity index (χ4v) is 3.73. The molecule has 4 aromatic heterocycles. The van der Waals surface area contributed by atoms with Crippen molar-refractivity contribution in [2.45, 2.75) is 0 Å². The van der Waals surface area contributed by atoms with E-state index in [9.17, 15) is 14.4 Å². The maximum absolute atomic E-state index is 12.1. The summed E-state index contributed by atoms with van der Waals surface area (Å²) in [6.45, 7) is 0. The second-order valence-electron chi connectivity index (χ2n) is 6.95. The van der Waals surface area contributed by atoms with Crippen molar-refractivity contribution >= 4 is 34.5 Å². The predicted molar refractivity (Wildman–Crippen MR) is 124 cm³/mol. The largest absolute Gasteiger partial charge is 0.434 e. The Morgan fingerprint density at radius 3 is 2.50 bits per heavy atom. The van der Waals surface area contributed by atoms with Crippen LogP contribution < -0.4 is 27.3 Å². The minimum atomic E-state index is -0.837. The summed E-state index contributed by atoms with van der Waals surface area (Å²) in [6, 6.07) is 11.2. The van der Waals surface area contributed by atoms with E-state index in [2.05, 4.69) is 20.4 Å². The Hall–Kier alpha value is -4.42. The maximum Gasteiger partial charge on any atom is 0.349 e. The Balaban J connectivity index is 1.58. The smallest absolute Gasteiger partial charge is 0.349 e. The molecule has 0 aliphatic heterocycles. The molecule has 0 amide bonds. The van der Waals surface area contributed by atoms with E-state index in [1.54, 1.807) is 16.8 Å². The average Bonchev–Trinajstić information content (AvgIpc) is 3.23. The number of rotatable bonds is 4. The molecule has 1 aromatic carbocycles. The Labute approximate surface area is 198 Å². The van der Waals surface area contributed by atoms with Crippen LogP contribution in [0.4, 0.5) is 5.82 Å². The SMILES string of the molecule is Nc1nn(-c2cc(Cl)c(Oc3n[nH]c(=O)cc3-c3cc4ccccn4n3)c(Cl)c2)c(=O)[nH]c1=O. The van der Waals surface area contributed by atoms with Crippen LogP contribution in [-0.4, -0.2) is 34.6 Å². The summed E-state index contributed by atoms with van der Waals surface area (Å²) in [5.74, 6) is -0.424. The number of nitrogen functional groups attached to an aromatic ring is 1. The van der Waals surface area contributed by atoms with Gasteiger partial charge in [0.15, 0.2) is 5.75 Å². The molecule has 0 atom stereocenters. The van der Waals surface area contributed by atoms with Crippen molar-refractivity contribution in [3.63, 3.8) is 0 Å². The fourth-order valence-electron chi connectivity index (χ4n) is 3.17. The summed E-state index contributed by atoms with van der Waals surface area (Å²) < 4.78 is 8.32. The van der Waals surface area contributed by atoms with E-state index in [1.807, 2.05) is 23.2 Å². The van der Waals surface area contributed by atoms with E-state index < -0.39 is 22.6 Å². The second kappa shape index (κ2) is 8.17. The van der Waals surface area contributed by atoms with Crippen LogP contribution in [0.3, 0.4) is 0 Å². The van der Waals surface area contributed by atoms with Gasteiger partial charge in [0, 0.05) is 12.3 Å². The van der Waals surface area contributed by atoms with Crippen LogP contribution in [0, 0.1) is 0 Å². The molecule has 170 valence electrons. The molecule has 0 saturated heterocycles. The Kier molecular flexibility index (Phi) is 5.15. The molecule has 5 aromatic rings. The van der Waals surface area contributed by atoms with E-state index >= 15 is 0 Å². The molecule has 12 nitrogen and oxygen atoms in total. The van der Waals surface area contributed by atoms with Crippen LogP contribution in [-0.2, 0) is 0 Å². The lowest BCUT2D eigenvalue weighted by molar-refractivity contribution is 0.456. The fraction of sp³-hybridized carbons (Fsp3) is 0. The molecular weight excluding hydrogens is 487 g/mol. The van der Waals surface area contributed by atoms with Gasteiger partial charge in [-0.05, 0) is 30.3 Å². The van der Waals surface area contributed by atoms with Gasteiger partial charge in [-0.25, -0.2) is 14.4 Å². The van der Waals surface area contributed by atoms with Gasteiger partial charge >= 0.3 is 5.69 Å². The molecule has 0 bridgehead atoms. The van der Waals surface area contributed by atoms with Crippen molar-refractivity contribution < 1.29 is 4.74 Å². The van der Waals surface area contributed by atoms with Gasteiger partial charge in [0.1, 0.15) is 0 Å². The molecule has 5 rings (SSSR count). The van der Waals surface area contributed by atoms with Crippen molar-refractivity contribution in [1.82, 2.24) is 34.6 Å². The summed E-state index contributed by atoms with van der Waals surface area (Å²) in [5, 5.41) is 14.4. The quantitative estimate of drug-likeness (QED) is 0.338. The van der Waals surface area contributed by atoms with Crippen LogP contribution in [0.2, 0.25) is 10.0 Å². The van der Waals surface area contributed by atoms with Gasteiger partial charge in [-0.1, -0.05) is 29.3 Å². The Morgan fingerprint density at radius 2 is 1.76 bits per heavy atom. The van der Waals surface area contributed by atoms with E-state index in [0.29, 0.717) is 11.3 Å². The molecule has 0 spiro atoms. The van der Waals surface area contributed by atoms with Crippen molar-refractivity contribution in [3.8, 4) is 28.6 Å². The zero-order valence-corrected chi connectivity index (χ0v) is 18.3. The number of aromatic nitrogens is 7. The van der Waals surface area contributed by atoms with Crippen molar-refractivity contribution in [2.24, 2.45) is 0 Å². The molecule has 4 heterocycles. The lowest BCUT2D eigenvalue weighted by atomic mass is 10.2. The molecule has 0 aliphatic rings. The summed E-state index contributed by atoms with van der Waals surface area (Å²) >= 11 is 12.8. The number of hydrogen-bond acceptors (Lipinski definition) is 8. The maximum atomic E-state index is 12.1. The zero-order valence-electron chi connectivity index (χ0n) is 16.8. The second-order valence-corrected chi connectivity index (χ2v) is 7.76. The first-order valence-electron chi connectivity index (χ1n) is 9.51. The van der Waals surface area contributed by atoms with Gasteiger partial charge in [-0.2, -0.15) is 9.78 Å². The topological polar surface area (TPSA) is 166 Å². The predicted octanol–water partition coefficient (Wildman–Crippen LogP) is 2.00. The van der Waals surface area contributed by atoms with Crippen molar-refractivity contribution in [2.75, 3.05) is 5.73 Å². The van der Waals surface area contributed by atoms with E-state index in [1.165, 1.54) is 18.2 Å². The van der Waals surface area contributed by atoms with Gasteiger partial charge in [0.05, 0.1) is 32.5 Å². The molecule has 0 fully saturated rings. The molecular formula is C20H12Cl2N8O4. The number of halogens is 2. The number of nitrogens with one attached hydrogen (secondary N) is 2. The highest BCUT2D eigenvalue weighted by Crippen LogP contribution is 2.39. The molecule has 0 unspecified atom stereocenters. The first-order valence-corrected chi connectivity index (χ1v) is 10.3. The first kappa shape index (κ1) is 21.4. The van der Waals surface area contributed by atoms with Gasteiger partial charge < -0.3 is 10.5 Å². The normalized spacial score (nSPS) is 11.1. The molecule has 4 N–H and O–H groups in total.